The van der Waals surface area contributed by atoms with Crippen molar-refractivity contribution in [2.75, 3.05) is 39.3 Å². The maximum absolute atomic E-state index is 9.53. The molecule has 2 aliphatic rings. The molecule has 0 bridgehead atoms. The fourth-order valence-electron chi connectivity index (χ4n) is 2.93. The lowest BCUT2D eigenvalue weighted by molar-refractivity contribution is 0.119. The zero-order chi connectivity index (χ0) is 11.4. The molecule has 0 aromatic carbocycles. The third-order valence-electron chi connectivity index (χ3n) is 3.90. The third kappa shape index (κ3) is 3.17. The summed E-state index contributed by atoms with van der Waals surface area (Å²) >= 11 is 0. The van der Waals surface area contributed by atoms with Crippen molar-refractivity contribution in [3.05, 3.63) is 0 Å². The van der Waals surface area contributed by atoms with Crippen LogP contribution < -0.4 is 5.73 Å². The van der Waals surface area contributed by atoms with E-state index in [0.29, 0.717) is 6.54 Å². The second-order valence-electron chi connectivity index (χ2n) is 5.19. The van der Waals surface area contributed by atoms with Crippen LogP contribution in [0.1, 0.15) is 25.7 Å². The monoisotopic (exact) mass is 227 g/mol. The number of piperidine rings is 1. The molecule has 0 amide bonds. The van der Waals surface area contributed by atoms with Gasteiger partial charge in [0.05, 0.1) is 6.10 Å². The van der Waals surface area contributed by atoms with Gasteiger partial charge in [0.15, 0.2) is 0 Å². The maximum Gasteiger partial charge on any atom is 0.0789 e. The van der Waals surface area contributed by atoms with Gasteiger partial charge >= 0.3 is 0 Å². The van der Waals surface area contributed by atoms with Crippen molar-refractivity contribution in [1.82, 2.24) is 9.80 Å². The van der Waals surface area contributed by atoms with E-state index in [1.165, 1.54) is 38.8 Å². The SMILES string of the molecule is NCC(O)CN1CCC(N2CCCCC2)C1. The first-order valence-electron chi connectivity index (χ1n) is 6.64. The van der Waals surface area contributed by atoms with Crippen LogP contribution in [0.25, 0.3) is 0 Å². The van der Waals surface area contributed by atoms with E-state index in [9.17, 15) is 5.11 Å². The Morgan fingerprint density at radius 1 is 1.19 bits per heavy atom. The fourth-order valence-corrected chi connectivity index (χ4v) is 2.93. The Balaban J connectivity index is 1.74. The van der Waals surface area contributed by atoms with Crippen LogP contribution in [0.4, 0.5) is 0 Å². The first-order valence-corrected chi connectivity index (χ1v) is 6.64. The van der Waals surface area contributed by atoms with Crippen molar-refractivity contribution in [3.8, 4) is 0 Å². The summed E-state index contributed by atoms with van der Waals surface area (Å²) in [4.78, 5) is 5.00. The fraction of sp³-hybridized carbons (Fsp3) is 1.00. The molecule has 0 saturated carbocycles. The molecule has 4 nitrogen and oxygen atoms in total. The zero-order valence-corrected chi connectivity index (χ0v) is 10.1. The van der Waals surface area contributed by atoms with E-state index in [1.54, 1.807) is 0 Å². The summed E-state index contributed by atoms with van der Waals surface area (Å²) < 4.78 is 0. The minimum atomic E-state index is -0.347. The number of aliphatic hydroxyl groups is 1. The zero-order valence-electron chi connectivity index (χ0n) is 10.1. The van der Waals surface area contributed by atoms with Crippen molar-refractivity contribution in [2.24, 2.45) is 5.73 Å². The predicted molar refractivity (Wildman–Crippen MR) is 65.3 cm³/mol. The Bertz CT molecular complexity index is 206. The summed E-state index contributed by atoms with van der Waals surface area (Å²) in [5, 5.41) is 9.53. The van der Waals surface area contributed by atoms with Crippen LogP contribution in [-0.2, 0) is 0 Å². The van der Waals surface area contributed by atoms with Gasteiger partial charge in [-0.05, 0) is 38.9 Å². The van der Waals surface area contributed by atoms with Crippen molar-refractivity contribution < 1.29 is 5.11 Å². The molecule has 0 radical (unpaired) electrons. The molecule has 2 rings (SSSR count). The number of nitrogens with two attached hydrogens (primary N) is 1. The lowest BCUT2D eigenvalue weighted by atomic mass is 10.1. The maximum atomic E-state index is 9.53. The van der Waals surface area contributed by atoms with Crippen molar-refractivity contribution >= 4 is 0 Å². The van der Waals surface area contributed by atoms with Crippen LogP contribution in [0.3, 0.4) is 0 Å². The highest BCUT2D eigenvalue weighted by Gasteiger charge is 2.28. The van der Waals surface area contributed by atoms with Gasteiger partial charge in [-0.25, -0.2) is 0 Å². The molecule has 16 heavy (non-hydrogen) atoms. The smallest absolute Gasteiger partial charge is 0.0789 e. The number of nitrogens with zero attached hydrogens (tertiary/aromatic N) is 2. The van der Waals surface area contributed by atoms with Crippen LogP contribution in [0.5, 0.6) is 0 Å². The first kappa shape index (κ1) is 12.3. The van der Waals surface area contributed by atoms with E-state index >= 15 is 0 Å². The number of aliphatic hydroxyl groups excluding tert-OH is 1. The van der Waals surface area contributed by atoms with E-state index in [-0.39, 0.29) is 6.10 Å². The predicted octanol–water partition coefficient (Wildman–Crippen LogP) is -0.134. The lowest BCUT2D eigenvalue weighted by Crippen LogP contribution is -2.42. The van der Waals surface area contributed by atoms with Crippen molar-refractivity contribution in [1.29, 1.82) is 0 Å². The van der Waals surface area contributed by atoms with E-state index in [4.69, 9.17) is 5.73 Å². The Morgan fingerprint density at radius 3 is 2.62 bits per heavy atom. The van der Waals surface area contributed by atoms with E-state index in [1.807, 2.05) is 0 Å². The Hall–Kier alpha value is -0.160. The molecule has 2 atom stereocenters. The Morgan fingerprint density at radius 2 is 1.94 bits per heavy atom. The summed E-state index contributed by atoms with van der Waals surface area (Å²) in [6, 6.07) is 0.727. The molecule has 0 aromatic heterocycles. The van der Waals surface area contributed by atoms with Crippen LogP contribution in [0.2, 0.25) is 0 Å². The van der Waals surface area contributed by atoms with Crippen molar-refractivity contribution in [3.63, 3.8) is 0 Å². The number of rotatable bonds is 4. The highest BCUT2D eigenvalue weighted by Crippen LogP contribution is 2.20. The average Bonchev–Trinajstić information content (AvgIpc) is 2.78. The van der Waals surface area contributed by atoms with Gasteiger partial charge in [-0.2, -0.15) is 0 Å². The highest BCUT2D eigenvalue weighted by molar-refractivity contribution is 4.85. The number of hydrogen-bond acceptors (Lipinski definition) is 4. The van der Waals surface area contributed by atoms with Gasteiger partial charge in [0.1, 0.15) is 0 Å². The molecule has 0 aliphatic carbocycles. The topological polar surface area (TPSA) is 52.7 Å². The summed E-state index contributed by atoms with van der Waals surface area (Å²) in [5.74, 6) is 0. The third-order valence-corrected chi connectivity index (χ3v) is 3.90. The Labute approximate surface area is 98.4 Å². The molecule has 2 fully saturated rings. The normalized spacial score (nSPS) is 30.8. The largest absolute Gasteiger partial charge is 0.390 e. The van der Waals surface area contributed by atoms with Crippen molar-refractivity contribution in [2.45, 2.75) is 37.8 Å². The molecule has 4 heteroatoms. The summed E-state index contributed by atoms with van der Waals surface area (Å²) in [7, 11) is 0. The van der Waals surface area contributed by atoms with Gasteiger partial charge in [0.2, 0.25) is 0 Å². The molecule has 2 unspecified atom stereocenters. The minimum Gasteiger partial charge on any atom is -0.390 e. The van der Waals surface area contributed by atoms with Crippen LogP contribution >= 0.6 is 0 Å². The summed E-state index contributed by atoms with van der Waals surface area (Å²) in [6.07, 6.45) is 5.04. The number of likely N-dealkylation sites (tertiary alicyclic amines) is 2. The van der Waals surface area contributed by atoms with E-state index in [0.717, 1.165) is 25.7 Å². The molecule has 0 aromatic rings. The van der Waals surface area contributed by atoms with E-state index in [2.05, 4.69) is 9.80 Å². The lowest BCUT2D eigenvalue weighted by Gasteiger charge is -2.32. The number of β-amino-alcohol motifs (C(OH)–C–C–N with tert-alkyl or cyclic N) is 1. The second kappa shape index (κ2) is 5.96. The average molecular weight is 227 g/mol. The van der Waals surface area contributed by atoms with Gasteiger partial charge in [-0.1, -0.05) is 6.42 Å². The Kier molecular flexibility index (Phi) is 4.58. The quantitative estimate of drug-likeness (QED) is 0.702. The van der Waals surface area contributed by atoms with Crippen LogP contribution in [0, 0.1) is 0 Å². The molecular weight excluding hydrogens is 202 g/mol. The molecule has 2 aliphatic heterocycles. The number of hydrogen-bond donors (Lipinski definition) is 2. The first-order chi connectivity index (χ1) is 7.79. The minimum absolute atomic E-state index is 0.347. The standard InChI is InChI=1S/C12H25N3O/c13-8-12(16)10-14-7-4-11(9-14)15-5-2-1-3-6-15/h11-12,16H,1-10,13H2. The molecule has 94 valence electrons. The molecular formula is C12H25N3O. The van der Waals surface area contributed by atoms with E-state index < -0.39 is 0 Å². The second-order valence-corrected chi connectivity index (χ2v) is 5.19. The van der Waals surface area contributed by atoms with Gasteiger partial charge in [-0.15, -0.1) is 0 Å². The molecule has 0 spiro atoms. The van der Waals surface area contributed by atoms with Gasteiger partial charge in [0.25, 0.3) is 0 Å². The summed E-state index contributed by atoms with van der Waals surface area (Å²) in [6.45, 7) is 5.93. The van der Waals surface area contributed by atoms with Crippen LogP contribution in [0.15, 0.2) is 0 Å². The molecule has 2 saturated heterocycles. The molecule has 3 N–H and O–H groups in total. The van der Waals surface area contributed by atoms with Gasteiger partial charge < -0.3 is 10.8 Å². The van der Waals surface area contributed by atoms with Crippen LogP contribution in [-0.4, -0.2) is 66.3 Å². The molecule has 2 heterocycles. The summed E-state index contributed by atoms with van der Waals surface area (Å²) in [5.41, 5.74) is 5.44. The van der Waals surface area contributed by atoms with Gasteiger partial charge in [-0.3, -0.25) is 9.80 Å². The highest BCUT2D eigenvalue weighted by atomic mass is 16.3. The van der Waals surface area contributed by atoms with Gasteiger partial charge in [0, 0.05) is 25.7 Å².